The van der Waals surface area contributed by atoms with Crippen molar-refractivity contribution in [3.63, 3.8) is 0 Å². The number of benzene rings is 3. The van der Waals surface area contributed by atoms with Crippen LogP contribution in [0.1, 0.15) is 92.6 Å². The summed E-state index contributed by atoms with van der Waals surface area (Å²) in [5.74, 6) is 1.92. The fourth-order valence-electron chi connectivity index (χ4n) is 7.92. The van der Waals surface area contributed by atoms with Crippen LogP contribution in [0, 0.1) is 23.6 Å². The second kappa shape index (κ2) is 16.9. The van der Waals surface area contributed by atoms with E-state index in [0.29, 0.717) is 42.2 Å². The van der Waals surface area contributed by atoms with E-state index < -0.39 is 0 Å². The summed E-state index contributed by atoms with van der Waals surface area (Å²) in [7, 11) is 0. The number of rotatable bonds is 14. The molecule has 0 aromatic heterocycles. The predicted octanol–water partition coefficient (Wildman–Crippen LogP) is 8.71. The molecule has 0 radical (unpaired) electrons. The lowest BCUT2D eigenvalue weighted by Crippen LogP contribution is -2.51. The lowest BCUT2D eigenvalue weighted by atomic mass is 9.87. The highest BCUT2D eigenvalue weighted by atomic mass is 19.1. The van der Waals surface area contributed by atoms with Crippen LogP contribution in [-0.4, -0.2) is 53.8 Å². The average molecular weight is 626 g/mol. The van der Waals surface area contributed by atoms with Crippen molar-refractivity contribution in [2.24, 2.45) is 17.8 Å². The maximum absolute atomic E-state index is 13.6. The Balaban J connectivity index is 1.13. The number of ketones is 1. The van der Waals surface area contributed by atoms with E-state index in [1.165, 1.54) is 30.5 Å². The number of hydrogen-bond acceptors (Lipinski definition) is 3. The molecular formula is C40H52FN3O2. The standard InChI is InChI=1S/C40H52FN3O2/c1-3-21-44(40(46)42-28-31-11-6-4-7-12-31)37-19-22-43(23-20-37)29-35-25-32(26-38(35)33-13-8-5-9-14-33)24-30(2)17-18-39(45)34-15-10-16-36(41)27-34/h4-16,27,30,32,35,37-38H,3,17-26,28-29H2,1-2H3,(H,42,46)/t30?,32?,35-,38-/m1/s1. The van der Waals surface area contributed by atoms with Gasteiger partial charge in [-0.2, -0.15) is 0 Å². The SMILES string of the molecule is CCCN(C(=O)NCc1ccccc1)C1CCN(C[C@H]2CC(CC(C)CCC(=O)c3cccc(F)c3)C[C@@H]2c2ccccc2)CC1. The summed E-state index contributed by atoms with van der Waals surface area (Å²) in [5.41, 5.74) is 3.05. The topological polar surface area (TPSA) is 52.7 Å². The molecule has 5 nitrogen and oxygen atoms in total. The third-order valence-electron chi connectivity index (χ3n) is 10.3. The van der Waals surface area contributed by atoms with Crippen molar-refractivity contribution in [2.45, 2.75) is 83.7 Å². The first kappa shape index (κ1) is 33.8. The molecule has 1 saturated carbocycles. The van der Waals surface area contributed by atoms with Gasteiger partial charge < -0.3 is 15.1 Å². The van der Waals surface area contributed by atoms with Crippen LogP contribution < -0.4 is 5.32 Å². The van der Waals surface area contributed by atoms with Crippen molar-refractivity contribution in [2.75, 3.05) is 26.2 Å². The van der Waals surface area contributed by atoms with Gasteiger partial charge in [0.05, 0.1) is 0 Å². The number of hydrogen-bond donors (Lipinski definition) is 1. The van der Waals surface area contributed by atoms with E-state index in [1.807, 2.05) is 18.2 Å². The van der Waals surface area contributed by atoms with Gasteiger partial charge in [0.2, 0.25) is 0 Å². The Hall–Kier alpha value is -3.51. The van der Waals surface area contributed by atoms with Crippen LogP contribution in [0.15, 0.2) is 84.9 Å². The van der Waals surface area contributed by atoms with Crippen LogP contribution >= 0.6 is 0 Å². The molecule has 1 aliphatic carbocycles. The van der Waals surface area contributed by atoms with Crippen molar-refractivity contribution in [1.82, 2.24) is 15.1 Å². The van der Waals surface area contributed by atoms with Crippen molar-refractivity contribution in [3.05, 3.63) is 107 Å². The van der Waals surface area contributed by atoms with Crippen LogP contribution in [0.3, 0.4) is 0 Å². The smallest absolute Gasteiger partial charge is 0.317 e. The number of piperidine rings is 1. The Morgan fingerprint density at radius 2 is 1.67 bits per heavy atom. The molecule has 3 aromatic rings. The summed E-state index contributed by atoms with van der Waals surface area (Å²) in [6.07, 6.45) is 7.83. The van der Waals surface area contributed by atoms with E-state index >= 15 is 0 Å². The third-order valence-corrected chi connectivity index (χ3v) is 10.3. The lowest BCUT2D eigenvalue weighted by Gasteiger charge is -2.39. The van der Waals surface area contributed by atoms with Crippen LogP contribution in [0.2, 0.25) is 0 Å². The lowest BCUT2D eigenvalue weighted by molar-refractivity contribution is 0.0972. The van der Waals surface area contributed by atoms with E-state index in [4.69, 9.17) is 0 Å². The average Bonchev–Trinajstić information content (AvgIpc) is 3.47. The highest BCUT2D eigenvalue weighted by molar-refractivity contribution is 5.96. The third kappa shape index (κ3) is 9.51. The predicted molar refractivity (Wildman–Crippen MR) is 184 cm³/mol. The zero-order chi connectivity index (χ0) is 32.3. The molecule has 1 aliphatic heterocycles. The molecule has 1 N–H and O–H groups in total. The molecule has 46 heavy (non-hydrogen) atoms. The minimum atomic E-state index is -0.352. The molecule has 2 amide bonds. The van der Waals surface area contributed by atoms with Gasteiger partial charge in [0.1, 0.15) is 5.82 Å². The highest BCUT2D eigenvalue weighted by Gasteiger charge is 2.37. The van der Waals surface area contributed by atoms with Crippen molar-refractivity contribution in [3.8, 4) is 0 Å². The van der Waals surface area contributed by atoms with Gasteiger partial charge in [0, 0.05) is 50.7 Å². The minimum absolute atomic E-state index is 0.0346. The number of nitrogens with one attached hydrogen (secondary N) is 1. The molecule has 2 fully saturated rings. The zero-order valence-corrected chi connectivity index (χ0v) is 27.8. The van der Waals surface area contributed by atoms with Crippen LogP contribution in [0.4, 0.5) is 9.18 Å². The molecule has 2 aliphatic rings. The molecule has 0 bridgehead atoms. The maximum atomic E-state index is 13.6. The molecule has 3 aromatic carbocycles. The number of halogens is 1. The summed E-state index contributed by atoms with van der Waals surface area (Å²) in [5, 5.41) is 3.16. The normalized spacial score (nSPS) is 21.2. The van der Waals surface area contributed by atoms with Crippen molar-refractivity contribution >= 4 is 11.8 Å². The largest absolute Gasteiger partial charge is 0.334 e. The molecule has 4 atom stereocenters. The first-order chi connectivity index (χ1) is 22.4. The van der Waals surface area contributed by atoms with Crippen molar-refractivity contribution < 1.29 is 14.0 Å². The summed E-state index contributed by atoms with van der Waals surface area (Å²) in [4.78, 5) is 30.6. The quantitative estimate of drug-likeness (QED) is 0.182. The molecular weight excluding hydrogens is 573 g/mol. The highest BCUT2D eigenvalue weighted by Crippen LogP contribution is 2.46. The van der Waals surface area contributed by atoms with Crippen LogP contribution in [0.25, 0.3) is 0 Å². The van der Waals surface area contributed by atoms with Crippen LogP contribution in [0.5, 0.6) is 0 Å². The van der Waals surface area contributed by atoms with E-state index in [2.05, 4.69) is 71.4 Å². The molecule has 0 spiro atoms. The van der Waals surface area contributed by atoms with Gasteiger partial charge >= 0.3 is 6.03 Å². The Morgan fingerprint density at radius 1 is 0.957 bits per heavy atom. The molecule has 5 rings (SSSR count). The number of Topliss-reactive ketones (excluding diaryl/α,β-unsaturated/α-hetero) is 1. The minimum Gasteiger partial charge on any atom is -0.334 e. The van der Waals surface area contributed by atoms with Gasteiger partial charge in [-0.05, 0) is 91.9 Å². The van der Waals surface area contributed by atoms with E-state index in [0.717, 1.165) is 63.8 Å². The van der Waals surface area contributed by atoms with Crippen LogP contribution in [-0.2, 0) is 6.54 Å². The number of nitrogens with zero attached hydrogens (tertiary/aromatic N) is 2. The van der Waals surface area contributed by atoms with Gasteiger partial charge in [-0.3, -0.25) is 4.79 Å². The number of likely N-dealkylation sites (tertiary alicyclic amines) is 1. The molecule has 1 saturated heterocycles. The van der Waals surface area contributed by atoms with Gasteiger partial charge in [0.15, 0.2) is 5.78 Å². The molecule has 6 heteroatoms. The fraction of sp³-hybridized carbons (Fsp3) is 0.500. The first-order valence-corrected chi connectivity index (χ1v) is 17.5. The second-order valence-corrected chi connectivity index (χ2v) is 13.8. The van der Waals surface area contributed by atoms with Gasteiger partial charge in [-0.15, -0.1) is 0 Å². The number of carbonyl (C=O) groups is 2. The van der Waals surface area contributed by atoms with E-state index in [1.54, 1.807) is 12.1 Å². The Kier molecular flexibility index (Phi) is 12.4. The van der Waals surface area contributed by atoms with Gasteiger partial charge in [-0.25, -0.2) is 9.18 Å². The number of amides is 2. The summed E-state index contributed by atoms with van der Waals surface area (Å²) < 4.78 is 13.6. The number of carbonyl (C=O) groups excluding carboxylic acids is 2. The Morgan fingerprint density at radius 3 is 2.37 bits per heavy atom. The molecule has 2 unspecified atom stereocenters. The second-order valence-electron chi connectivity index (χ2n) is 13.8. The van der Waals surface area contributed by atoms with Gasteiger partial charge in [-0.1, -0.05) is 86.6 Å². The fourth-order valence-corrected chi connectivity index (χ4v) is 7.92. The summed E-state index contributed by atoms with van der Waals surface area (Å²) in [6, 6.07) is 27.5. The summed E-state index contributed by atoms with van der Waals surface area (Å²) >= 11 is 0. The van der Waals surface area contributed by atoms with Crippen molar-refractivity contribution in [1.29, 1.82) is 0 Å². The zero-order valence-electron chi connectivity index (χ0n) is 27.8. The first-order valence-electron chi connectivity index (χ1n) is 17.5. The molecule has 1 heterocycles. The molecule has 246 valence electrons. The monoisotopic (exact) mass is 625 g/mol. The Labute approximate surface area is 275 Å². The number of urea groups is 1. The maximum Gasteiger partial charge on any atom is 0.317 e. The van der Waals surface area contributed by atoms with E-state index in [9.17, 15) is 14.0 Å². The summed E-state index contributed by atoms with van der Waals surface area (Å²) in [6.45, 7) is 8.92. The van der Waals surface area contributed by atoms with E-state index in [-0.39, 0.29) is 23.7 Å². The Bertz CT molecular complexity index is 1380. The van der Waals surface area contributed by atoms with Gasteiger partial charge in [0.25, 0.3) is 0 Å².